The van der Waals surface area contributed by atoms with Crippen LogP contribution in [0.2, 0.25) is 0 Å². The van der Waals surface area contributed by atoms with Gasteiger partial charge >= 0.3 is 0 Å². The fraction of sp³-hybridized carbons (Fsp3) is 0.625. The summed E-state index contributed by atoms with van der Waals surface area (Å²) in [5, 5.41) is 4.77. The summed E-state index contributed by atoms with van der Waals surface area (Å²) in [6, 6.07) is 2.86. The van der Waals surface area contributed by atoms with E-state index in [1.54, 1.807) is 0 Å². The van der Waals surface area contributed by atoms with Gasteiger partial charge in [-0.2, -0.15) is 5.10 Å². The van der Waals surface area contributed by atoms with Gasteiger partial charge in [0.2, 0.25) is 0 Å². The van der Waals surface area contributed by atoms with E-state index in [0.29, 0.717) is 6.04 Å². The van der Waals surface area contributed by atoms with Crippen LogP contribution in [0.3, 0.4) is 0 Å². The highest BCUT2D eigenvalue weighted by atomic mass is 15.3. The molecule has 0 saturated heterocycles. The predicted octanol–water partition coefficient (Wildman–Crippen LogP) is 2.52. The lowest BCUT2D eigenvalue weighted by Gasteiger charge is -2.21. The molecule has 0 bridgehead atoms. The third-order valence-corrected chi connectivity index (χ3v) is 4.25. The molecule has 1 unspecified atom stereocenters. The van der Waals surface area contributed by atoms with Crippen molar-refractivity contribution < 1.29 is 0 Å². The number of aromatic nitrogens is 4. The first kappa shape index (κ1) is 14.3. The van der Waals surface area contributed by atoms with Crippen LogP contribution in [0.15, 0.2) is 24.7 Å². The SMILES string of the molecule is CC(N)Cc1nccn1Cc1ccn(C2CCCCC2)n1. The fourth-order valence-corrected chi connectivity index (χ4v) is 3.15. The Balaban J connectivity index is 1.68. The zero-order chi connectivity index (χ0) is 14.7. The van der Waals surface area contributed by atoms with Crippen LogP contribution < -0.4 is 5.73 Å². The van der Waals surface area contributed by atoms with Gasteiger partial charge in [-0.25, -0.2) is 4.98 Å². The van der Waals surface area contributed by atoms with Crippen molar-refractivity contribution in [2.45, 2.75) is 64.1 Å². The lowest BCUT2D eigenvalue weighted by molar-refractivity contribution is 0.328. The summed E-state index contributed by atoms with van der Waals surface area (Å²) in [6.07, 6.45) is 13.4. The maximum Gasteiger partial charge on any atom is 0.110 e. The van der Waals surface area contributed by atoms with Gasteiger partial charge in [-0.15, -0.1) is 0 Å². The highest BCUT2D eigenvalue weighted by molar-refractivity contribution is 5.04. The molecular weight excluding hydrogens is 262 g/mol. The van der Waals surface area contributed by atoms with Crippen LogP contribution in [0, 0.1) is 0 Å². The second-order valence-corrected chi connectivity index (χ2v) is 6.23. The molecule has 2 aromatic rings. The Hall–Kier alpha value is -1.62. The van der Waals surface area contributed by atoms with Gasteiger partial charge < -0.3 is 10.3 Å². The highest BCUT2D eigenvalue weighted by Gasteiger charge is 2.16. The van der Waals surface area contributed by atoms with Crippen molar-refractivity contribution in [3.05, 3.63) is 36.2 Å². The molecule has 5 heteroatoms. The van der Waals surface area contributed by atoms with E-state index < -0.39 is 0 Å². The van der Waals surface area contributed by atoms with E-state index in [-0.39, 0.29) is 6.04 Å². The number of hydrogen-bond acceptors (Lipinski definition) is 3. The Labute approximate surface area is 126 Å². The van der Waals surface area contributed by atoms with Gasteiger partial charge in [0, 0.05) is 31.1 Å². The van der Waals surface area contributed by atoms with Gasteiger partial charge in [-0.1, -0.05) is 19.3 Å². The molecule has 1 aliphatic carbocycles. The lowest BCUT2D eigenvalue weighted by atomic mass is 9.96. The summed E-state index contributed by atoms with van der Waals surface area (Å²) >= 11 is 0. The largest absolute Gasteiger partial charge is 0.329 e. The Morgan fingerprint density at radius 2 is 2.10 bits per heavy atom. The number of imidazole rings is 1. The van der Waals surface area contributed by atoms with Gasteiger partial charge in [0.15, 0.2) is 0 Å². The molecule has 0 amide bonds. The molecule has 0 aromatic carbocycles. The van der Waals surface area contributed by atoms with Gasteiger partial charge in [-0.05, 0) is 25.8 Å². The van der Waals surface area contributed by atoms with Crippen molar-refractivity contribution >= 4 is 0 Å². The summed E-state index contributed by atoms with van der Waals surface area (Å²) in [5.41, 5.74) is 6.98. The zero-order valence-electron chi connectivity index (χ0n) is 12.8. The summed E-state index contributed by atoms with van der Waals surface area (Å²) in [4.78, 5) is 4.40. The molecule has 0 spiro atoms. The minimum Gasteiger partial charge on any atom is -0.329 e. The van der Waals surface area contributed by atoms with Gasteiger partial charge in [0.05, 0.1) is 18.3 Å². The average Bonchev–Trinajstić information content (AvgIpc) is 3.10. The maximum absolute atomic E-state index is 5.87. The normalized spacial score (nSPS) is 18.0. The molecule has 2 N–H and O–H groups in total. The highest BCUT2D eigenvalue weighted by Crippen LogP contribution is 2.27. The number of rotatable bonds is 5. The molecule has 21 heavy (non-hydrogen) atoms. The molecule has 0 aliphatic heterocycles. The van der Waals surface area contributed by atoms with Crippen LogP contribution in [-0.2, 0) is 13.0 Å². The maximum atomic E-state index is 5.87. The third kappa shape index (κ3) is 3.53. The molecule has 3 rings (SSSR count). The van der Waals surface area contributed by atoms with E-state index in [2.05, 4.69) is 26.5 Å². The number of hydrogen-bond donors (Lipinski definition) is 1. The van der Waals surface area contributed by atoms with Crippen molar-refractivity contribution in [2.24, 2.45) is 5.73 Å². The van der Waals surface area contributed by atoms with Crippen molar-refractivity contribution in [3.8, 4) is 0 Å². The van der Waals surface area contributed by atoms with Gasteiger partial charge in [0.1, 0.15) is 5.82 Å². The minimum absolute atomic E-state index is 0.131. The van der Waals surface area contributed by atoms with Crippen LogP contribution >= 0.6 is 0 Å². The third-order valence-electron chi connectivity index (χ3n) is 4.25. The monoisotopic (exact) mass is 287 g/mol. The summed E-state index contributed by atoms with van der Waals surface area (Å²) < 4.78 is 4.31. The minimum atomic E-state index is 0.131. The van der Waals surface area contributed by atoms with E-state index in [0.717, 1.165) is 24.5 Å². The summed E-state index contributed by atoms with van der Waals surface area (Å²) in [5.74, 6) is 1.04. The van der Waals surface area contributed by atoms with Crippen LogP contribution in [0.4, 0.5) is 0 Å². The van der Waals surface area contributed by atoms with E-state index in [1.807, 2.05) is 19.3 Å². The standard InChI is InChI=1S/C16H25N5/c1-13(17)11-16-18-8-10-20(16)12-14-7-9-21(19-14)15-5-3-2-4-6-15/h7-10,13,15H,2-6,11-12,17H2,1H3. The van der Waals surface area contributed by atoms with E-state index in [9.17, 15) is 0 Å². The molecule has 2 heterocycles. The van der Waals surface area contributed by atoms with Crippen molar-refractivity contribution in [1.82, 2.24) is 19.3 Å². The van der Waals surface area contributed by atoms with Crippen LogP contribution in [0.25, 0.3) is 0 Å². The van der Waals surface area contributed by atoms with E-state index >= 15 is 0 Å². The van der Waals surface area contributed by atoms with Crippen LogP contribution in [0.5, 0.6) is 0 Å². The van der Waals surface area contributed by atoms with E-state index in [1.165, 1.54) is 32.1 Å². The molecule has 5 nitrogen and oxygen atoms in total. The molecule has 1 fully saturated rings. The Morgan fingerprint density at radius 1 is 1.29 bits per heavy atom. The van der Waals surface area contributed by atoms with Crippen molar-refractivity contribution in [1.29, 1.82) is 0 Å². The zero-order valence-corrected chi connectivity index (χ0v) is 12.8. The Kier molecular flexibility index (Phi) is 4.39. The topological polar surface area (TPSA) is 61.7 Å². The van der Waals surface area contributed by atoms with Gasteiger partial charge in [0.25, 0.3) is 0 Å². The lowest BCUT2D eigenvalue weighted by Crippen LogP contribution is -2.21. The Morgan fingerprint density at radius 3 is 2.86 bits per heavy atom. The first-order valence-corrected chi connectivity index (χ1v) is 8.02. The van der Waals surface area contributed by atoms with Crippen molar-refractivity contribution in [3.63, 3.8) is 0 Å². The molecule has 1 atom stereocenters. The first-order valence-electron chi connectivity index (χ1n) is 8.02. The number of nitrogens with two attached hydrogens (primary N) is 1. The smallest absolute Gasteiger partial charge is 0.110 e. The molecule has 1 saturated carbocycles. The van der Waals surface area contributed by atoms with E-state index in [4.69, 9.17) is 10.8 Å². The molecule has 2 aromatic heterocycles. The first-order chi connectivity index (χ1) is 10.2. The second kappa shape index (κ2) is 6.43. The molecule has 1 aliphatic rings. The predicted molar refractivity (Wildman–Crippen MR) is 83.0 cm³/mol. The number of nitrogens with zero attached hydrogens (tertiary/aromatic N) is 4. The summed E-state index contributed by atoms with van der Waals surface area (Å²) in [7, 11) is 0. The Bertz CT molecular complexity index is 563. The van der Waals surface area contributed by atoms with Crippen LogP contribution in [-0.4, -0.2) is 25.4 Å². The summed E-state index contributed by atoms with van der Waals surface area (Å²) in [6.45, 7) is 2.79. The second-order valence-electron chi connectivity index (χ2n) is 6.23. The fourth-order valence-electron chi connectivity index (χ4n) is 3.15. The van der Waals surface area contributed by atoms with Crippen LogP contribution in [0.1, 0.15) is 56.6 Å². The molecule has 114 valence electrons. The quantitative estimate of drug-likeness (QED) is 0.919. The average molecular weight is 287 g/mol. The molecular formula is C16H25N5. The molecule has 0 radical (unpaired) electrons. The van der Waals surface area contributed by atoms with Gasteiger partial charge in [-0.3, -0.25) is 4.68 Å². The van der Waals surface area contributed by atoms with Crippen molar-refractivity contribution in [2.75, 3.05) is 0 Å².